The number of nitrogen functional groups attached to an aromatic ring is 1. The number of anilines is 1. The summed E-state index contributed by atoms with van der Waals surface area (Å²) in [7, 11) is -3.00. The largest absolute Gasteiger partial charge is 0.384 e. The average molecular weight is 356 g/mol. The molecule has 1 aliphatic heterocycles. The van der Waals surface area contributed by atoms with E-state index in [2.05, 4.69) is 9.97 Å². The van der Waals surface area contributed by atoms with Crippen molar-refractivity contribution >= 4 is 33.3 Å². The van der Waals surface area contributed by atoms with Crippen molar-refractivity contribution in [1.82, 2.24) is 14.9 Å². The van der Waals surface area contributed by atoms with Crippen LogP contribution in [0.3, 0.4) is 0 Å². The fraction of sp³-hybridized carbons (Fsp3) is 0.643. The first-order valence-corrected chi connectivity index (χ1v) is 10.4. The zero-order valence-electron chi connectivity index (χ0n) is 12.9. The number of aryl methyl sites for hydroxylation is 1. The van der Waals surface area contributed by atoms with Crippen molar-refractivity contribution in [2.75, 3.05) is 23.0 Å². The Morgan fingerprint density at radius 2 is 2.09 bits per heavy atom. The zero-order chi connectivity index (χ0) is 16.6. The van der Waals surface area contributed by atoms with E-state index >= 15 is 0 Å². The number of nitrogens with zero attached hydrogens (tertiary/aromatic N) is 3. The lowest BCUT2D eigenvalue weighted by Gasteiger charge is -2.28. The summed E-state index contributed by atoms with van der Waals surface area (Å²) in [6.07, 6.45) is 2.46. The molecule has 0 bridgehead atoms. The van der Waals surface area contributed by atoms with E-state index in [0.717, 1.165) is 18.5 Å². The molecule has 0 radical (unpaired) electrons. The summed E-state index contributed by atoms with van der Waals surface area (Å²) < 4.78 is 23.4. The normalized spacial score (nSPS) is 22.9. The van der Waals surface area contributed by atoms with Crippen LogP contribution in [0.1, 0.15) is 25.0 Å². The monoisotopic (exact) mass is 356 g/mol. The van der Waals surface area contributed by atoms with Gasteiger partial charge in [0.2, 0.25) is 5.91 Å². The van der Waals surface area contributed by atoms with Gasteiger partial charge in [0, 0.05) is 23.8 Å². The Bertz CT molecular complexity index is 698. The van der Waals surface area contributed by atoms with Crippen LogP contribution in [0.2, 0.25) is 0 Å². The first kappa shape index (κ1) is 16.5. The Hall–Kier alpha value is -1.35. The number of hydrogen-bond acceptors (Lipinski definition) is 7. The molecule has 7 nitrogen and oxygen atoms in total. The van der Waals surface area contributed by atoms with Gasteiger partial charge in [0.15, 0.2) is 15.0 Å². The predicted octanol–water partition coefficient (Wildman–Crippen LogP) is 0.637. The molecule has 1 unspecified atom stereocenters. The van der Waals surface area contributed by atoms with E-state index in [0.29, 0.717) is 17.4 Å². The lowest BCUT2D eigenvalue weighted by molar-refractivity contribution is -0.130. The van der Waals surface area contributed by atoms with E-state index in [9.17, 15) is 13.2 Å². The van der Waals surface area contributed by atoms with Crippen LogP contribution in [0.4, 0.5) is 5.82 Å². The molecule has 3 rings (SSSR count). The number of carbonyl (C=O) groups excluding carboxylic acids is 1. The van der Waals surface area contributed by atoms with E-state index < -0.39 is 9.84 Å². The van der Waals surface area contributed by atoms with Crippen molar-refractivity contribution in [3.63, 3.8) is 0 Å². The minimum absolute atomic E-state index is 0.0386. The highest BCUT2D eigenvalue weighted by Crippen LogP contribution is 2.33. The van der Waals surface area contributed by atoms with E-state index in [-0.39, 0.29) is 35.2 Å². The Balaban J connectivity index is 1.65. The molecule has 1 aliphatic carbocycles. The van der Waals surface area contributed by atoms with Crippen LogP contribution in [0.5, 0.6) is 0 Å². The minimum Gasteiger partial charge on any atom is -0.384 e. The molecule has 2 fully saturated rings. The van der Waals surface area contributed by atoms with E-state index in [4.69, 9.17) is 5.73 Å². The van der Waals surface area contributed by atoms with Crippen molar-refractivity contribution in [2.24, 2.45) is 0 Å². The SMILES string of the molecule is Cc1cc(N)nc(SCC(=O)N(C2CC2)C2CCS(=O)(=O)C2)n1. The van der Waals surface area contributed by atoms with Gasteiger partial charge in [-0.25, -0.2) is 18.4 Å². The quantitative estimate of drug-likeness (QED) is 0.609. The zero-order valence-corrected chi connectivity index (χ0v) is 14.6. The molecule has 2 heterocycles. The maximum Gasteiger partial charge on any atom is 0.233 e. The third-order valence-electron chi connectivity index (χ3n) is 4.01. The number of carbonyl (C=O) groups is 1. The fourth-order valence-electron chi connectivity index (χ4n) is 2.88. The van der Waals surface area contributed by atoms with Gasteiger partial charge >= 0.3 is 0 Å². The highest BCUT2D eigenvalue weighted by molar-refractivity contribution is 7.99. The predicted molar refractivity (Wildman–Crippen MR) is 88.8 cm³/mol. The van der Waals surface area contributed by atoms with Crippen molar-refractivity contribution < 1.29 is 13.2 Å². The Morgan fingerprint density at radius 1 is 1.35 bits per heavy atom. The van der Waals surface area contributed by atoms with Crippen LogP contribution in [0.15, 0.2) is 11.2 Å². The van der Waals surface area contributed by atoms with Gasteiger partial charge in [-0.05, 0) is 26.2 Å². The maximum atomic E-state index is 12.6. The minimum atomic E-state index is -3.00. The molecular weight excluding hydrogens is 336 g/mol. The van der Waals surface area contributed by atoms with Crippen molar-refractivity contribution in [1.29, 1.82) is 0 Å². The molecule has 1 aromatic heterocycles. The van der Waals surface area contributed by atoms with E-state index in [1.54, 1.807) is 11.0 Å². The van der Waals surface area contributed by atoms with Crippen molar-refractivity contribution in [3.8, 4) is 0 Å². The Labute approximate surface area is 140 Å². The number of sulfone groups is 1. The second-order valence-corrected chi connectivity index (χ2v) is 9.27. The van der Waals surface area contributed by atoms with Gasteiger partial charge in [0.25, 0.3) is 0 Å². The smallest absolute Gasteiger partial charge is 0.233 e. The summed E-state index contributed by atoms with van der Waals surface area (Å²) in [6, 6.07) is 1.69. The average Bonchev–Trinajstić information content (AvgIpc) is 3.20. The first-order valence-electron chi connectivity index (χ1n) is 7.59. The number of hydrogen-bond donors (Lipinski definition) is 1. The molecule has 1 aromatic rings. The van der Waals surface area contributed by atoms with Crippen molar-refractivity contribution in [3.05, 3.63) is 11.8 Å². The highest BCUT2D eigenvalue weighted by Gasteiger charge is 2.41. The number of thioether (sulfide) groups is 1. The summed E-state index contributed by atoms with van der Waals surface area (Å²) >= 11 is 1.25. The van der Waals surface area contributed by atoms with Crippen LogP contribution in [0, 0.1) is 6.92 Å². The van der Waals surface area contributed by atoms with Gasteiger partial charge < -0.3 is 10.6 Å². The van der Waals surface area contributed by atoms with Crippen LogP contribution < -0.4 is 5.73 Å². The standard InChI is InChI=1S/C14H20N4O3S2/c1-9-6-12(15)17-14(16-9)22-7-13(19)18(10-2-3-10)11-4-5-23(20,21)8-11/h6,10-11H,2-5,7-8H2,1H3,(H2,15,16,17). The molecule has 1 atom stereocenters. The molecule has 9 heteroatoms. The maximum absolute atomic E-state index is 12.6. The summed E-state index contributed by atoms with van der Waals surface area (Å²) in [4.78, 5) is 22.7. The molecule has 2 N–H and O–H groups in total. The van der Waals surface area contributed by atoms with Crippen molar-refractivity contribution in [2.45, 2.75) is 43.4 Å². The molecule has 0 spiro atoms. The summed E-state index contributed by atoms with van der Waals surface area (Å²) in [5.41, 5.74) is 6.44. The van der Waals surface area contributed by atoms with Gasteiger partial charge in [-0.1, -0.05) is 11.8 Å². The van der Waals surface area contributed by atoms with Gasteiger partial charge in [-0.2, -0.15) is 0 Å². The van der Waals surface area contributed by atoms with Crippen LogP contribution in [0.25, 0.3) is 0 Å². The summed E-state index contributed by atoms with van der Waals surface area (Å²) in [6.45, 7) is 1.82. The molecule has 1 saturated heterocycles. The third-order valence-corrected chi connectivity index (χ3v) is 6.59. The molecule has 1 saturated carbocycles. The Morgan fingerprint density at radius 3 is 2.65 bits per heavy atom. The molecule has 23 heavy (non-hydrogen) atoms. The number of rotatable bonds is 5. The van der Waals surface area contributed by atoms with Crippen LogP contribution in [-0.4, -0.2) is 58.5 Å². The third kappa shape index (κ3) is 4.14. The summed E-state index contributed by atoms with van der Waals surface area (Å²) in [5.74, 6) is 0.819. The first-order chi connectivity index (χ1) is 10.8. The lowest BCUT2D eigenvalue weighted by atomic mass is 10.2. The number of amides is 1. The van der Waals surface area contributed by atoms with Gasteiger partial charge in [-0.15, -0.1) is 0 Å². The van der Waals surface area contributed by atoms with E-state index in [1.807, 2.05) is 6.92 Å². The fourth-order valence-corrected chi connectivity index (χ4v) is 5.37. The molecule has 126 valence electrons. The van der Waals surface area contributed by atoms with Crippen LogP contribution in [-0.2, 0) is 14.6 Å². The topological polar surface area (TPSA) is 106 Å². The molecular formula is C14H20N4O3S2. The summed E-state index contributed by atoms with van der Waals surface area (Å²) in [5, 5.41) is 0.477. The Kier molecular flexibility index (Phi) is 4.50. The van der Waals surface area contributed by atoms with Gasteiger partial charge in [0.1, 0.15) is 5.82 Å². The van der Waals surface area contributed by atoms with E-state index in [1.165, 1.54) is 11.8 Å². The molecule has 0 aromatic carbocycles. The second-order valence-electron chi connectivity index (χ2n) is 6.09. The molecule has 1 amide bonds. The molecule has 2 aliphatic rings. The highest BCUT2D eigenvalue weighted by atomic mass is 32.2. The lowest BCUT2D eigenvalue weighted by Crippen LogP contribution is -2.43. The van der Waals surface area contributed by atoms with Gasteiger partial charge in [-0.3, -0.25) is 4.79 Å². The second kappa shape index (κ2) is 6.27. The number of nitrogens with two attached hydrogens (primary N) is 1. The van der Waals surface area contributed by atoms with Crippen LogP contribution >= 0.6 is 11.8 Å². The van der Waals surface area contributed by atoms with Gasteiger partial charge in [0.05, 0.1) is 17.3 Å². The number of aromatic nitrogens is 2.